The predicted molar refractivity (Wildman–Crippen MR) is 59.9 cm³/mol. The Balaban J connectivity index is 1.96. The molecule has 5 heteroatoms. The van der Waals surface area contributed by atoms with Crippen LogP contribution in [0.25, 0.3) is 0 Å². The summed E-state index contributed by atoms with van der Waals surface area (Å²) in [5.74, 6) is 0.407. The van der Waals surface area contributed by atoms with E-state index in [2.05, 4.69) is 9.97 Å². The minimum Gasteiger partial charge on any atom is -0.395 e. The van der Waals surface area contributed by atoms with Crippen LogP contribution in [-0.4, -0.2) is 16.1 Å². The molecule has 0 aliphatic carbocycles. The molecule has 0 radical (unpaired) electrons. The van der Waals surface area contributed by atoms with Gasteiger partial charge < -0.3 is 9.47 Å². The molecule has 2 rings (SSSR count). The second-order valence-electron chi connectivity index (χ2n) is 3.31. The maximum atomic E-state index is 11.3. The van der Waals surface area contributed by atoms with Crippen LogP contribution in [0.3, 0.4) is 0 Å². The first-order valence-corrected chi connectivity index (χ1v) is 4.97. The maximum absolute atomic E-state index is 11.3. The van der Waals surface area contributed by atoms with Crippen molar-refractivity contribution < 1.29 is 14.3 Å². The Labute approximate surface area is 98.0 Å². The number of para-hydroxylation sites is 1. The molecule has 0 atom stereocenters. The number of carbonyl (C=O) groups excluding carboxylic acids is 1. The lowest BCUT2D eigenvalue weighted by Crippen LogP contribution is -2.15. The van der Waals surface area contributed by atoms with Gasteiger partial charge in [0.25, 0.3) is 0 Å². The van der Waals surface area contributed by atoms with E-state index in [0.29, 0.717) is 5.75 Å². The van der Waals surface area contributed by atoms with Gasteiger partial charge in [0.15, 0.2) is 0 Å². The van der Waals surface area contributed by atoms with Crippen molar-refractivity contribution >= 4 is 6.16 Å². The zero-order valence-corrected chi connectivity index (χ0v) is 9.16. The third-order valence-electron chi connectivity index (χ3n) is 1.88. The Morgan fingerprint density at radius 1 is 1.06 bits per heavy atom. The average molecular weight is 230 g/mol. The summed E-state index contributed by atoms with van der Waals surface area (Å²) in [7, 11) is 0. The van der Waals surface area contributed by atoms with E-state index in [0.717, 1.165) is 5.56 Å². The Bertz CT molecular complexity index is 497. The largest absolute Gasteiger partial charge is 0.521 e. The number of aromatic nitrogens is 2. The summed E-state index contributed by atoms with van der Waals surface area (Å²) in [6, 6.07) is 8.60. The zero-order chi connectivity index (χ0) is 12.1. The number of rotatable bonds is 2. The lowest BCUT2D eigenvalue weighted by Gasteiger charge is -2.03. The summed E-state index contributed by atoms with van der Waals surface area (Å²) in [5.41, 5.74) is 0.883. The molecule has 0 aliphatic heterocycles. The monoisotopic (exact) mass is 230 g/mol. The van der Waals surface area contributed by atoms with Crippen molar-refractivity contribution in [3.05, 3.63) is 48.3 Å². The van der Waals surface area contributed by atoms with Crippen LogP contribution >= 0.6 is 0 Å². The topological polar surface area (TPSA) is 61.3 Å². The molecule has 17 heavy (non-hydrogen) atoms. The second kappa shape index (κ2) is 5.07. The number of carbonyl (C=O) groups is 1. The van der Waals surface area contributed by atoms with E-state index in [-0.39, 0.29) is 6.01 Å². The van der Waals surface area contributed by atoms with Crippen LogP contribution in [-0.2, 0) is 0 Å². The third kappa shape index (κ3) is 3.27. The molecular weight excluding hydrogens is 220 g/mol. The number of hydrogen-bond acceptors (Lipinski definition) is 5. The lowest BCUT2D eigenvalue weighted by molar-refractivity contribution is 0.148. The average Bonchev–Trinajstić information content (AvgIpc) is 2.33. The molecule has 0 saturated carbocycles. The SMILES string of the molecule is Cc1cnc(OC(=O)Oc2ccccc2)nc1. The highest BCUT2D eigenvalue weighted by atomic mass is 16.7. The molecule has 0 bridgehead atoms. The molecule has 0 unspecified atom stereocenters. The van der Waals surface area contributed by atoms with Crippen LogP contribution in [0.5, 0.6) is 11.8 Å². The molecule has 5 nitrogen and oxygen atoms in total. The number of aryl methyl sites for hydroxylation is 1. The van der Waals surface area contributed by atoms with Crippen molar-refractivity contribution in [1.29, 1.82) is 0 Å². The van der Waals surface area contributed by atoms with Gasteiger partial charge in [-0.2, -0.15) is 0 Å². The summed E-state index contributed by atoms with van der Waals surface area (Å²) in [5, 5.41) is 0. The number of ether oxygens (including phenoxy) is 2. The molecule has 0 amide bonds. The molecule has 1 heterocycles. The fraction of sp³-hybridized carbons (Fsp3) is 0.0833. The van der Waals surface area contributed by atoms with Crippen LogP contribution < -0.4 is 9.47 Å². The lowest BCUT2D eigenvalue weighted by atomic mass is 10.3. The first-order valence-electron chi connectivity index (χ1n) is 4.97. The summed E-state index contributed by atoms with van der Waals surface area (Å²) < 4.78 is 9.70. The van der Waals surface area contributed by atoms with Gasteiger partial charge >= 0.3 is 12.2 Å². The van der Waals surface area contributed by atoms with E-state index in [1.807, 2.05) is 13.0 Å². The minimum atomic E-state index is -0.861. The molecule has 86 valence electrons. The molecule has 2 aromatic rings. The molecule has 0 N–H and O–H groups in total. The fourth-order valence-corrected chi connectivity index (χ4v) is 1.11. The van der Waals surface area contributed by atoms with Gasteiger partial charge in [0.1, 0.15) is 5.75 Å². The highest BCUT2D eigenvalue weighted by Gasteiger charge is 2.09. The molecule has 1 aromatic carbocycles. The van der Waals surface area contributed by atoms with Crippen molar-refractivity contribution in [1.82, 2.24) is 9.97 Å². The van der Waals surface area contributed by atoms with E-state index < -0.39 is 6.16 Å². The van der Waals surface area contributed by atoms with Gasteiger partial charge in [0.2, 0.25) is 0 Å². The minimum absolute atomic E-state index is 0.0310. The third-order valence-corrected chi connectivity index (χ3v) is 1.88. The summed E-state index contributed by atoms with van der Waals surface area (Å²) in [4.78, 5) is 19.0. The van der Waals surface area contributed by atoms with Crippen LogP contribution in [0.2, 0.25) is 0 Å². The summed E-state index contributed by atoms with van der Waals surface area (Å²) >= 11 is 0. The molecule has 0 spiro atoms. The smallest absolute Gasteiger partial charge is 0.395 e. The van der Waals surface area contributed by atoms with Crippen LogP contribution in [0.1, 0.15) is 5.56 Å². The van der Waals surface area contributed by atoms with Crippen molar-refractivity contribution in [2.24, 2.45) is 0 Å². The van der Waals surface area contributed by atoms with Gasteiger partial charge in [-0.05, 0) is 24.6 Å². The molecular formula is C12H10N2O3. The molecule has 1 aromatic heterocycles. The summed E-state index contributed by atoms with van der Waals surface area (Å²) in [6.45, 7) is 1.84. The molecule has 0 fully saturated rings. The second-order valence-corrected chi connectivity index (χ2v) is 3.31. The Hall–Kier alpha value is -2.43. The first kappa shape index (κ1) is 11.1. The van der Waals surface area contributed by atoms with E-state index in [9.17, 15) is 4.79 Å². The predicted octanol–water partition coefficient (Wildman–Crippen LogP) is 2.36. The van der Waals surface area contributed by atoms with Crippen molar-refractivity contribution in [3.8, 4) is 11.8 Å². The Morgan fingerprint density at radius 3 is 2.35 bits per heavy atom. The van der Waals surface area contributed by atoms with E-state index in [1.54, 1.807) is 36.7 Å². The van der Waals surface area contributed by atoms with Crippen molar-refractivity contribution in [2.75, 3.05) is 0 Å². The van der Waals surface area contributed by atoms with Crippen LogP contribution in [0.15, 0.2) is 42.7 Å². The van der Waals surface area contributed by atoms with Gasteiger partial charge in [0, 0.05) is 12.4 Å². The number of benzene rings is 1. The zero-order valence-electron chi connectivity index (χ0n) is 9.16. The first-order chi connectivity index (χ1) is 8.24. The van der Waals surface area contributed by atoms with E-state index >= 15 is 0 Å². The van der Waals surface area contributed by atoms with Crippen molar-refractivity contribution in [2.45, 2.75) is 6.92 Å². The number of nitrogens with zero attached hydrogens (tertiary/aromatic N) is 2. The molecule has 0 saturated heterocycles. The normalized spacial score (nSPS) is 9.71. The summed E-state index contributed by atoms with van der Waals surface area (Å²) in [6.07, 6.45) is 2.25. The van der Waals surface area contributed by atoms with Gasteiger partial charge in [0.05, 0.1) is 0 Å². The quantitative estimate of drug-likeness (QED) is 0.585. The highest BCUT2D eigenvalue weighted by Crippen LogP contribution is 2.10. The van der Waals surface area contributed by atoms with E-state index in [1.165, 1.54) is 0 Å². The standard InChI is InChI=1S/C12H10N2O3/c1-9-7-13-11(14-8-9)17-12(15)16-10-5-3-2-4-6-10/h2-8H,1H3. The molecule has 0 aliphatic rings. The van der Waals surface area contributed by atoms with Crippen molar-refractivity contribution in [3.63, 3.8) is 0 Å². The Morgan fingerprint density at radius 2 is 1.71 bits per heavy atom. The van der Waals surface area contributed by atoms with Gasteiger partial charge in [-0.3, -0.25) is 0 Å². The van der Waals surface area contributed by atoms with Crippen LogP contribution in [0.4, 0.5) is 4.79 Å². The van der Waals surface area contributed by atoms with Gasteiger partial charge in [-0.25, -0.2) is 14.8 Å². The maximum Gasteiger partial charge on any atom is 0.521 e. The van der Waals surface area contributed by atoms with Gasteiger partial charge in [-0.1, -0.05) is 18.2 Å². The van der Waals surface area contributed by atoms with Crippen LogP contribution in [0, 0.1) is 6.92 Å². The fourth-order valence-electron chi connectivity index (χ4n) is 1.11. The van der Waals surface area contributed by atoms with Gasteiger partial charge in [-0.15, -0.1) is 0 Å². The number of hydrogen-bond donors (Lipinski definition) is 0. The highest BCUT2D eigenvalue weighted by molar-refractivity contribution is 5.65. The Kier molecular flexibility index (Phi) is 3.30. The van der Waals surface area contributed by atoms with E-state index in [4.69, 9.17) is 9.47 Å².